The second kappa shape index (κ2) is 9.61. The molecule has 0 spiro atoms. The predicted octanol–water partition coefficient (Wildman–Crippen LogP) is 3.50. The van der Waals surface area contributed by atoms with E-state index in [1.807, 2.05) is 13.0 Å². The lowest BCUT2D eigenvalue weighted by atomic mass is 10.00. The van der Waals surface area contributed by atoms with Crippen LogP contribution in [0.2, 0.25) is 0 Å². The van der Waals surface area contributed by atoms with Crippen molar-refractivity contribution in [1.82, 2.24) is 0 Å². The molecule has 0 bridgehead atoms. The Labute approximate surface area is 146 Å². The number of rotatable bonds is 8. The molecule has 0 aromatic carbocycles. The van der Waals surface area contributed by atoms with Crippen LogP contribution >= 0.6 is 0 Å². The maximum Gasteiger partial charge on any atom is 0.351 e. The Balaban J connectivity index is 2.82. The van der Waals surface area contributed by atoms with Crippen LogP contribution in [0.15, 0.2) is 39.1 Å². The molecule has 0 fully saturated rings. The van der Waals surface area contributed by atoms with Gasteiger partial charge in [-0.2, -0.15) is 0 Å². The van der Waals surface area contributed by atoms with Gasteiger partial charge in [0, 0.05) is 12.0 Å². The van der Waals surface area contributed by atoms with Crippen LogP contribution in [0.25, 0.3) is 0 Å². The quantitative estimate of drug-likeness (QED) is 0.334. The van der Waals surface area contributed by atoms with Gasteiger partial charge >= 0.3 is 11.6 Å². The van der Waals surface area contributed by atoms with E-state index in [0.717, 1.165) is 0 Å². The lowest BCUT2D eigenvalue weighted by Gasteiger charge is -2.10. The van der Waals surface area contributed by atoms with Crippen molar-refractivity contribution in [2.24, 2.45) is 0 Å². The van der Waals surface area contributed by atoms with E-state index in [9.17, 15) is 19.5 Å². The third-order valence-electron chi connectivity index (χ3n) is 3.90. The Hall–Kier alpha value is -2.63. The van der Waals surface area contributed by atoms with Crippen molar-refractivity contribution in [3.63, 3.8) is 0 Å². The molecule has 0 aliphatic carbocycles. The summed E-state index contributed by atoms with van der Waals surface area (Å²) in [5.74, 6) is -1.03. The molecule has 1 rings (SSSR count). The molecule has 1 aromatic rings. The fourth-order valence-corrected chi connectivity index (χ4v) is 2.15. The number of ketones is 1. The van der Waals surface area contributed by atoms with Gasteiger partial charge in [-0.25, -0.2) is 4.79 Å². The van der Waals surface area contributed by atoms with E-state index in [-0.39, 0.29) is 29.6 Å². The molecule has 0 radical (unpaired) electrons. The average molecular weight is 348 g/mol. The summed E-state index contributed by atoms with van der Waals surface area (Å²) in [5, 5.41) is 10.1. The van der Waals surface area contributed by atoms with Gasteiger partial charge in [0.15, 0.2) is 5.78 Å². The SMILES string of the molecule is CC=C(C)C(=O)c1c(O)cc(C(C)CC/C=C/CC(=O)OC)oc1=O. The molecule has 0 saturated carbocycles. The van der Waals surface area contributed by atoms with Crippen LogP contribution in [0, 0.1) is 0 Å². The molecule has 1 aromatic heterocycles. The number of methoxy groups -OCH3 is 1. The minimum Gasteiger partial charge on any atom is -0.507 e. The molecule has 0 aliphatic rings. The van der Waals surface area contributed by atoms with E-state index in [1.165, 1.54) is 13.2 Å². The van der Waals surface area contributed by atoms with Gasteiger partial charge in [-0.15, -0.1) is 0 Å². The summed E-state index contributed by atoms with van der Waals surface area (Å²) >= 11 is 0. The molecular formula is C19H24O6. The van der Waals surface area contributed by atoms with Gasteiger partial charge in [0.1, 0.15) is 17.1 Å². The molecule has 1 atom stereocenters. The van der Waals surface area contributed by atoms with Crippen LogP contribution in [0.1, 0.15) is 62.1 Å². The van der Waals surface area contributed by atoms with Crippen LogP contribution in [0.5, 0.6) is 5.75 Å². The number of hydrogen-bond acceptors (Lipinski definition) is 6. The number of ether oxygens (including phenoxy) is 1. The Morgan fingerprint density at radius 1 is 1.36 bits per heavy atom. The lowest BCUT2D eigenvalue weighted by Crippen LogP contribution is -2.16. The molecular weight excluding hydrogens is 324 g/mol. The van der Waals surface area contributed by atoms with Gasteiger partial charge in [-0.05, 0) is 32.3 Å². The molecule has 1 heterocycles. The highest BCUT2D eigenvalue weighted by Crippen LogP contribution is 2.25. The fourth-order valence-electron chi connectivity index (χ4n) is 2.15. The number of allylic oxidation sites excluding steroid dienone is 3. The van der Waals surface area contributed by atoms with Crippen LogP contribution in [-0.2, 0) is 9.53 Å². The summed E-state index contributed by atoms with van der Waals surface area (Å²) in [4.78, 5) is 35.1. The normalized spacial score (nSPS) is 13.0. The van der Waals surface area contributed by atoms with Crippen LogP contribution in [-0.4, -0.2) is 24.0 Å². The first-order valence-corrected chi connectivity index (χ1v) is 8.08. The van der Waals surface area contributed by atoms with E-state index < -0.39 is 11.4 Å². The number of esters is 1. The number of Topliss-reactive ketones (excluding diaryl/α,β-unsaturated/α-hetero) is 1. The Morgan fingerprint density at radius 2 is 2.04 bits per heavy atom. The minimum atomic E-state index is -0.839. The van der Waals surface area contributed by atoms with Gasteiger partial charge in [-0.1, -0.05) is 25.2 Å². The maximum absolute atomic E-state index is 12.1. The molecule has 0 aliphatic heterocycles. The Morgan fingerprint density at radius 3 is 2.60 bits per heavy atom. The van der Waals surface area contributed by atoms with E-state index in [0.29, 0.717) is 24.2 Å². The third kappa shape index (κ3) is 5.74. The van der Waals surface area contributed by atoms with Crippen molar-refractivity contribution in [2.45, 2.75) is 46.0 Å². The molecule has 1 N–H and O–H groups in total. The average Bonchev–Trinajstić information content (AvgIpc) is 2.59. The number of hydrogen-bond donors (Lipinski definition) is 1. The lowest BCUT2D eigenvalue weighted by molar-refractivity contribution is -0.139. The zero-order chi connectivity index (χ0) is 19.0. The third-order valence-corrected chi connectivity index (χ3v) is 3.90. The first kappa shape index (κ1) is 20.4. The zero-order valence-electron chi connectivity index (χ0n) is 15.0. The summed E-state index contributed by atoms with van der Waals surface area (Å²) < 4.78 is 9.75. The van der Waals surface area contributed by atoms with Crippen LogP contribution in [0.3, 0.4) is 0 Å². The Kier molecular flexibility index (Phi) is 7.85. The first-order chi connectivity index (χ1) is 11.8. The molecule has 25 heavy (non-hydrogen) atoms. The van der Waals surface area contributed by atoms with E-state index in [1.54, 1.807) is 26.0 Å². The molecule has 6 nitrogen and oxygen atoms in total. The first-order valence-electron chi connectivity index (χ1n) is 8.08. The standard InChI is InChI=1S/C19H24O6/c1-5-12(2)18(22)17-14(20)11-15(25-19(17)23)13(3)9-7-6-8-10-16(21)24-4/h5-6,8,11,13,20H,7,9-10H2,1-4H3/b8-6+,12-5?. The van der Waals surface area contributed by atoms with Crippen LogP contribution in [0.4, 0.5) is 0 Å². The van der Waals surface area contributed by atoms with Crippen molar-refractivity contribution in [2.75, 3.05) is 7.11 Å². The van der Waals surface area contributed by atoms with Gasteiger partial charge in [0.25, 0.3) is 0 Å². The number of carbonyl (C=O) groups excluding carboxylic acids is 2. The van der Waals surface area contributed by atoms with Gasteiger partial charge < -0.3 is 14.3 Å². The van der Waals surface area contributed by atoms with E-state index in [2.05, 4.69) is 4.74 Å². The van der Waals surface area contributed by atoms with Crippen molar-refractivity contribution in [3.8, 4) is 5.75 Å². The van der Waals surface area contributed by atoms with Gasteiger partial charge in [0.05, 0.1) is 13.5 Å². The van der Waals surface area contributed by atoms with E-state index in [4.69, 9.17) is 4.42 Å². The highest BCUT2D eigenvalue weighted by molar-refractivity contribution is 6.09. The van der Waals surface area contributed by atoms with Crippen molar-refractivity contribution >= 4 is 11.8 Å². The maximum atomic E-state index is 12.1. The minimum absolute atomic E-state index is 0.131. The summed E-state index contributed by atoms with van der Waals surface area (Å²) in [6.45, 7) is 5.10. The van der Waals surface area contributed by atoms with Crippen molar-refractivity contribution in [1.29, 1.82) is 0 Å². The fraction of sp³-hybridized carbons (Fsp3) is 0.421. The largest absolute Gasteiger partial charge is 0.507 e. The molecule has 0 saturated heterocycles. The van der Waals surface area contributed by atoms with Gasteiger partial charge in [0.2, 0.25) is 0 Å². The summed E-state index contributed by atoms with van der Waals surface area (Å²) in [5.41, 5.74) is -0.821. The zero-order valence-corrected chi connectivity index (χ0v) is 15.0. The Bertz CT molecular complexity index is 739. The molecule has 1 unspecified atom stereocenters. The van der Waals surface area contributed by atoms with Crippen LogP contribution < -0.4 is 5.63 Å². The van der Waals surface area contributed by atoms with Gasteiger partial charge in [-0.3, -0.25) is 9.59 Å². The second-order valence-electron chi connectivity index (χ2n) is 5.73. The monoisotopic (exact) mass is 348 g/mol. The number of carbonyl (C=O) groups is 2. The molecule has 136 valence electrons. The summed E-state index contributed by atoms with van der Waals surface area (Å²) in [7, 11) is 1.33. The molecule has 0 amide bonds. The number of aromatic hydroxyl groups is 1. The van der Waals surface area contributed by atoms with E-state index >= 15 is 0 Å². The summed E-state index contributed by atoms with van der Waals surface area (Å²) in [6.07, 6.45) is 6.66. The van der Waals surface area contributed by atoms with Crippen molar-refractivity contribution < 1.29 is 23.8 Å². The topological polar surface area (TPSA) is 93.8 Å². The second-order valence-corrected chi connectivity index (χ2v) is 5.73. The highest BCUT2D eigenvalue weighted by atomic mass is 16.5. The highest BCUT2D eigenvalue weighted by Gasteiger charge is 2.21. The smallest absolute Gasteiger partial charge is 0.351 e. The summed E-state index contributed by atoms with van der Waals surface area (Å²) in [6, 6.07) is 1.32. The predicted molar refractivity (Wildman–Crippen MR) is 93.8 cm³/mol. The molecule has 6 heteroatoms. The van der Waals surface area contributed by atoms with Crippen molar-refractivity contribution in [3.05, 3.63) is 51.6 Å².